The maximum absolute atomic E-state index is 8.88. The first-order valence-corrected chi connectivity index (χ1v) is 2.35. The molecule has 0 fully saturated rings. The Morgan fingerprint density at radius 1 is 1.20 bits per heavy atom. The minimum Gasteiger partial charge on any atom is -1.00 e. The van der Waals surface area contributed by atoms with Gasteiger partial charge in [0.15, 0.2) is 17.4 Å². The zero-order chi connectivity index (χ0) is 4.50. The van der Waals surface area contributed by atoms with Crippen molar-refractivity contribution in [2.75, 3.05) is 0 Å². The maximum Gasteiger partial charge on any atom is 2.00 e. The predicted molar refractivity (Wildman–Crippen MR) is 40.2 cm³/mol. The van der Waals surface area contributed by atoms with Crippen LogP contribution < -0.4 is 0 Å². The Morgan fingerprint density at radius 3 is 1.20 bits per heavy atom. The van der Waals surface area contributed by atoms with Crippen molar-refractivity contribution in [2.24, 2.45) is 0 Å². The second-order valence-corrected chi connectivity index (χ2v) is 1.54. The van der Waals surface area contributed by atoms with Crippen molar-refractivity contribution in [1.82, 2.24) is 0 Å². The van der Waals surface area contributed by atoms with Crippen LogP contribution in [0.1, 0.15) is 5.71 Å². The maximum atomic E-state index is 8.88. The monoisotopic (exact) mass is 405 g/mol. The Balaban J connectivity index is -0.00000000222. The van der Waals surface area contributed by atoms with Gasteiger partial charge in [0, 0.05) is 34.1 Å². The predicted octanol–water partition coefficient (Wildman–Crippen LogP) is -2.43. The molecule has 0 amide bonds. The van der Waals surface area contributed by atoms with Crippen LogP contribution in [-0.4, -0.2) is 104 Å². The molecule has 4 nitrogen and oxygen atoms in total. The van der Waals surface area contributed by atoms with Gasteiger partial charge < -0.3 is 20.4 Å². The van der Waals surface area contributed by atoms with Crippen LogP contribution in [0.15, 0.2) is 0 Å². The molecule has 0 bridgehead atoms. The van der Waals surface area contributed by atoms with Gasteiger partial charge >= 0.3 is 79.8 Å². The Morgan fingerprint density at radius 2 is 1.20 bits per heavy atom. The molecule has 0 aliphatic carbocycles. The third kappa shape index (κ3) is 90.3. The van der Waals surface area contributed by atoms with E-state index in [1.807, 2.05) is 0 Å². The summed E-state index contributed by atoms with van der Waals surface area (Å²) in [5, 5.41) is 0. The van der Waals surface area contributed by atoms with Crippen molar-refractivity contribution in [3.05, 3.63) is 0 Å². The van der Waals surface area contributed by atoms with E-state index in [1.54, 1.807) is 0 Å². The Hall–Kier alpha value is 4.02. The molecule has 0 rings (SSSR count). The van der Waals surface area contributed by atoms with Crippen LogP contribution in [0.3, 0.4) is 0 Å². The van der Waals surface area contributed by atoms with E-state index in [-0.39, 0.29) is 129 Å². The van der Waals surface area contributed by atoms with Gasteiger partial charge in [0.2, 0.25) is 0 Å². The molecule has 0 aromatic carbocycles. The quantitative estimate of drug-likeness (QED) is 0.310. The van der Waals surface area contributed by atoms with Crippen molar-refractivity contribution < 1.29 is 59.1 Å². The smallest absolute Gasteiger partial charge is 1.00 e. The van der Waals surface area contributed by atoms with Crippen LogP contribution in [0.4, 0.5) is 0 Å². The van der Waals surface area contributed by atoms with E-state index in [0.29, 0.717) is 0 Å². The minimum absolute atomic E-state index is 0. The van der Waals surface area contributed by atoms with Crippen LogP contribution in [0, 0.1) is 0 Å². The van der Waals surface area contributed by atoms with E-state index in [2.05, 4.69) is 0 Å². The summed E-state index contributed by atoms with van der Waals surface area (Å²) >= 11 is 0. The Bertz CT molecular complexity index is 83.5. The van der Waals surface area contributed by atoms with Gasteiger partial charge in [0.25, 0.3) is 0 Å². The molecule has 3 N–H and O–H groups in total. The molecular weight excluding hydrogens is 394 g/mol. The second kappa shape index (κ2) is 18.7. The van der Waals surface area contributed by atoms with E-state index < -0.39 is 7.82 Å². The summed E-state index contributed by atoms with van der Waals surface area (Å²) in [6.07, 6.45) is 0. The summed E-state index contributed by atoms with van der Waals surface area (Å²) < 4.78 is 8.88. The number of phosphoric acid groups is 1. The second-order valence-electron chi connectivity index (χ2n) is 0.513. The van der Waals surface area contributed by atoms with Gasteiger partial charge in [0.1, 0.15) is 0 Å². The van der Waals surface area contributed by atoms with Crippen molar-refractivity contribution in [2.45, 2.75) is 0 Å². The summed E-state index contributed by atoms with van der Waals surface area (Å²) in [6.45, 7) is 0. The fourth-order valence-corrected chi connectivity index (χ4v) is 0. The SMILES string of the molecule is O=P(O)(O)O.[AlH3].[Ba+2].[Fe].[H-].[H-].[H-].[H-].[Mg+2].[Mn]. The first-order chi connectivity index (χ1) is 2.00. The Labute approximate surface area is 153 Å². The standard InChI is InChI=1S/Al.Ba.Fe.Mg.Mn.H3O4P.7H/c;;;;;1-5(2,3)4;;;;;;;/h;;;;;(H3,1,2,3,4);;;;;;;/q;+2;;+2;;;;;;4*-1. The van der Waals surface area contributed by atoms with Crippen LogP contribution in [0.5, 0.6) is 0 Å². The normalized spacial score (nSPS) is 5.90. The zero-order valence-corrected chi connectivity index (χ0v) is 13.4. The van der Waals surface area contributed by atoms with E-state index in [1.165, 1.54) is 0 Å². The number of rotatable bonds is 0. The Kier molecular flexibility index (Phi) is 69.2. The van der Waals surface area contributed by atoms with Crippen LogP contribution >= 0.6 is 7.82 Å². The molecule has 0 spiro atoms. The fourth-order valence-electron chi connectivity index (χ4n) is 0. The summed E-state index contributed by atoms with van der Waals surface area (Å²) in [6, 6.07) is 0. The number of hydrogen-bond donors (Lipinski definition) is 3. The van der Waals surface area contributed by atoms with Crippen molar-refractivity contribution in [3.63, 3.8) is 0 Å². The summed E-state index contributed by atoms with van der Waals surface area (Å²) in [4.78, 5) is 21.6. The van der Waals surface area contributed by atoms with E-state index in [9.17, 15) is 0 Å². The van der Waals surface area contributed by atoms with E-state index in [0.717, 1.165) is 0 Å². The summed E-state index contributed by atoms with van der Waals surface area (Å²) in [7, 11) is -4.64. The van der Waals surface area contributed by atoms with Gasteiger partial charge in [-0.1, -0.05) is 0 Å². The molecule has 0 aliphatic heterocycles. The van der Waals surface area contributed by atoms with Gasteiger partial charge in [0.05, 0.1) is 0 Å². The molecule has 10 heteroatoms. The molecule has 0 aromatic rings. The average molecular weight is 404 g/mol. The first-order valence-electron chi connectivity index (χ1n) is 0.783. The first kappa shape index (κ1) is 37.0. The summed E-state index contributed by atoms with van der Waals surface area (Å²) in [5.74, 6) is 0. The van der Waals surface area contributed by atoms with Crippen molar-refractivity contribution >= 4 is 97.1 Å². The molecule has 0 aliphatic rings. The summed E-state index contributed by atoms with van der Waals surface area (Å²) in [5.41, 5.74) is 0. The topological polar surface area (TPSA) is 77.8 Å². The van der Waals surface area contributed by atoms with E-state index in [4.69, 9.17) is 19.2 Å². The van der Waals surface area contributed by atoms with Gasteiger partial charge in [-0.15, -0.1) is 0 Å². The molecule has 1 radical (unpaired) electrons. The molecular formula is H10AlBaFeMgMnO4P. The van der Waals surface area contributed by atoms with Crippen LogP contribution in [0.2, 0.25) is 0 Å². The van der Waals surface area contributed by atoms with Crippen molar-refractivity contribution in [3.8, 4) is 0 Å². The van der Waals surface area contributed by atoms with Gasteiger partial charge in [-0.2, -0.15) is 0 Å². The van der Waals surface area contributed by atoms with Crippen LogP contribution in [-0.2, 0) is 38.7 Å². The van der Waals surface area contributed by atoms with E-state index >= 15 is 0 Å². The molecule has 0 atom stereocenters. The average Bonchev–Trinajstić information content (AvgIpc) is 0.722. The fraction of sp³-hybridized carbons (Fsp3) is 0. The molecule has 0 aromatic heterocycles. The van der Waals surface area contributed by atoms with Crippen molar-refractivity contribution in [1.29, 1.82) is 0 Å². The minimum atomic E-state index is -4.64. The van der Waals surface area contributed by atoms with Gasteiger partial charge in [-0.25, -0.2) is 4.57 Å². The molecule has 0 saturated carbocycles. The third-order valence-corrected chi connectivity index (χ3v) is 0. The van der Waals surface area contributed by atoms with Gasteiger partial charge in [-0.3, -0.25) is 0 Å². The van der Waals surface area contributed by atoms with Gasteiger partial charge in [-0.05, 0) is 0 Å². The molecule has 0 saturated heterocycles. The number of hydrogen-bond acceptors (Lipinski definition) is 1. The third-order valence-electron chi connectivity index (χ3n) is 0. The molecule has 0 heterocycles. The molecule has 10 heavy (non-hydrogen) atoms. The molecule has 0 unspecified atom stereocenters. The molecule has 61 valence electrons. The largest absolute Gasteiger partial charge is 2.00 e. The zero-order valence-electron chi connectivity index (χ0n) is 8.34. The van der Waals surface area contributed by atoms with Crippen LogP contribution in [0.25, 0.3) is 0 Å².